The zero-order valence-electron chi connectivity index (χ0n) is 11.7. The standard InChI is InChI=1S/C16H10ClFN2O2S/c17-11-7-5-10(6-8-11)15-19-20-16(22-15)23-9-14(21)12-3-1-2-4-13(12)18/h1-8H,9H2. The second-order valence-corrected chi connectivity index (χ2v) is 5.93. The number of benzene rings is 2. The lowest BCUT2D eigenvalue weighted by Crippen LogP contribution is -2.04. The molecular formula is C16H10ClFN2O2S. The molecule has 0 bridgehead atoms. The first kappa shape index (κ1) is 15.7. The van der Waals surface area contributed by atoms with Gasteiger partial charge in [-0.15, -0.1) is 10.2 Å². The fraction of sp³-hybridized carbons (Fsp3) is 0.0625. The Bertz CT molecular complexity index is 836. The summed E-state index contributed by atoms with van der Waals surface area (Å²) in [6.45, 7) is 0. The third-order valence-electron chi connectivity index (χ3n) is 3.00. The van der Waals surface area contributed by atoms with Crippen LogP contribution in [0.25, 0.3) is 11.5 Å². The number of aromatic nitrogens is 2. The summed E-state index contributed by atoms with van der Waals surface area (Å²) in [6, 6.07) is 12.8. The molecular weight excluding hydrogens is 339 g/mol. The summed E-state index contributed by atoms with van der Waals surface area (Å²) >= 11 is 6.89. The summed E-state index contributed by atoms with van der Waals surface area (Å²) in [4.78, 5) is 12.0. The highest BCUT2D eigenvalue weighted by Gasteiger charge is 2.14. The van der Waals surface area contributed by atoms with E-state index in [9.17, 15) is 9.18 Å². The Kier molecular flexibility index (Phi) is 4.73. The minimum Gasteiger partial charge on any atom is -0.411 e. The van der Waals surface area contributed by atoms with E-state index in [4.69, 9.17) is 16.0 Å². The van der Waals surface area contributed by atoms with Gasteiger partial charge in [-0.25, -0.2) is 4.39 Å². The zero-order chi connectivity index (χ0) is 16.2. The van der Waals surface area contributed by atoms with E-state index in [2.05, 4.69) is 10.2 Å². The maximum Gasteiger partial charge on any atom is 0.277 e. The Hall–Kier alpha value is -2.18. The summed E-state index contributed by atoms with van der Waals surface area (Å²) in [5.41, 5.74) is 0.784. The van der Waals surface area contributed by atoms with Crippen LogP contribution in [-0.4, -0.2) is 21.7 Å². The van der Waals surface area contributed by atoms with Crippen LogP contribution in [0.2, 0.25) is 5.02 Å². The summed E-state index contributed by atoms with van der Waals surface area (Å²) in [7, 11) is 0. The van der Waals surface area contributed by atoms with Crippen LogP contribution in [0.5, 0.6) is 0 Å². The molecule has 0 aliphatic rings. The van der Waals surface area contributed by atoms with E-state index in [0.29, 0.717) is 10.9 Å². The molecule has 3 aromatic rings. The number of hydrogen-bond donors (Lipinski definition) is 0. The number of nitrogens with zero attached hydrogens (tertiary/aromatic N) is 2. The van der Waals surface area contributed by atoms with E-state index in [-0.39, 0.29) is 22.3 Å². The number of thioether (sulfide) groups is 1. The molecule has 0 amide bonds. The second-order valence-electron chi connectivity index (χ2n) is 4.57. The van der Waals surface area contributed by atoms with Gasteiger partial charge in [0.1, 0.15) is 5.82 Å². The van der Waals surface area contributed by atoms with Gasteiger partial charge >= 0.3 is 0 Å². The van der Waals surface area contributed by atoms with Gasteiger partial charge in [0.15, 0.2) is 5.78 Å². The number of rotatable bonds is 5. The number of ketones is 1. The van der Waals surface area contributed by atoms with Crippen molar-refractivity contribution < 1.29 is 13.6 Å². The number of hydrogen-bond acceptors (Lipinski definition) is 5. The van der Waals surface area contributed by atoms with E-state index in [0.717, 1.165) is 17.3 Å². The average molecular weight is 349 g/mol. The average Bonchev–Trinajstić information content (AvgIpc) is 3.03. The van der Waals surface area contributed by atoms with E-state index >= 15 is 0 Å². The van der Waals surface area contributed by atoms with Gasteiger partial charge in [0.2, 0.25) is 5.89 Å². The number of Topliss-reactive ketones (excluding diaryl/α,β-unsaturated/α-hetero) is 1. The van der Waals surface area contributed by atoms with Crippen LogP contribution in [0, 0.1) is 5.82 Å². The third-order valence-corrected chi connectivity index (χ3v) is 4.07. The fourth-order valence-electron chi connectivity index (χ4n) is 1.87. The van der Waals surface area contributed by atoms with Crippen molar-refractivity contribution in [3.63, 3.8) is 0 Å². The smallest absolute Gasteiger partial charge is 0.277 e. The van der Waals surface area contributed by atoms with Crippen molar-refractivity contribution in [1.29, 1.82) is 0 Å². The van der Waals surface area contributed by atoms with Crippen LogP contribution >= 0.6 is 23.4 Å². The molecule has 0 aliphatic heterocycles. The molecule has 0 saturated carbocycles. The summed E-state index contributed by atoms with van der Waals surface area (Å²) < 4.78 is 19.0. The molecule has 0 aliphatic carbocycles. The van der Waals surface area contributed by atoms with E-state index in [1.807, 2.05) is 0 Å². The van der Waals surface area contributed by atoms with Crippen molar-refractivity contribution in [3.05, 3.63) is 64.9 Å². The lowest BCUT2D eigenvalue weighted by molar-refractivity contribution is 0.101. The van der Waals surface area contributed by atoms with E-state index in [1.54, 1.807) is 30.3 Å². The van der Waals surface area contributed by atoms with Crippen molar-refractivity contribution in [3.8, 4) is 11.5 Å². The second kappa shape index (κ2) is 6.93. The number of carbonyl (C=O) groups excluding carboxylic acids is 1. The third kappa shape index (κ3) is 3.78. The van der Waals surface area contributed by atoms with E-state index in [1.165, 1.54) is 18.2 Å². The first-order valence-corrected chi connectivity index (χ1v) is 8.00. The van der Waals surface area contributed by atoms with E-state index < -0.39 is 5.82 Å². The van der Waals surface area contributed by atoms with Gasteiger partial charge in [-0.1, -0.05) is 35.5 Å². The molecule has 1 heterocycles. The molecule has 0 fully saturated rings. The maximum atomic E-state index is 13.5. The summed E-state index contributed by atoms with van der Waals surface area (Å²) in [5.74, 6) is -0.518. The minimum absolute atomic E-state index is 0.0170. The van der Waals surface area contributed by atoms with Crippen LogP contribution in [0.3, 0.4) is 0 Å². The van der Waals surface area contributed by atoms with Crippen LogP contribution < -0.4 is 0 Å². The lowest BCUT2D eigenvalue weighted by atomic mass is 10.1. The highest BCUT2D eigenvalue weighted by Crippen LogP contribution is 2.25. The maximum absolute atomic E-state index is 13.5. The Balaban J connectivity index is 1.67. The fourth-order valence-corrected chi connectivity index (χ4v) is 2.64. The van der Waals surface area contributed by atoms with Crippen LogP contribution in [-0.2, 0) is 0 Å². The molecule has 4 nitrogen and oxygen atoms in total. The quantitative estimate of drug-likeness (QED) is 0.501. The molecule has 0 radical (unpaired) electrons. The molecule has 3 rings (SSSR count). The molecule has 116 valence electrons. The van der Waals surface area contributed by atoms with Gasteiger partial charge in [0.25, 0.3) is 5.22 Å². The summed E-state index contributed by atoms with van der Waals surface area (Å²) in [5, 5.41) is 8.65. The zero-order valence-corrected chi connectivity index (χ0v) is 13.3. The topological polar surface area (TPSA) is 56.0 Å². The molecule has 2 aromatic carbocycles. The molecule has 23 heavy (non-hydrogen) atoms. The number of carbonyl (C=O) groups is 1. The van der Waals surface area contributed by atoms with Crippen molar-refractivity contribution in [1.82, 2.24) is 10.2 Å². The molecule has 0 N–H and O–H groups in total. The molecule has 7 heteroatoms. The highest BCUT2D eigenvalue weighted by molar-refractivity contribution is 7.99. The highest BCUT2D eigenvalue weighted by atomic mass is 35.5. The monoisotopic (exact) mass is 348 g/mol. The Morgan fingerprint density at radius 3 is 2.61 bits per heavy atom. The number of halogens is 2. The van der Waals surface area contributed by atoms with Gasteiger partial charge in [-0.2, -0.15) is 0 Å². The lowest BCUT2D eigenvalue weighted by Gasteiger charge is -2.00. The minimum atomic E-state index is -0.537. The van der Waals surface area contributed by atoms with Crippen LogP contribution in [0.1, 0.15) is 10.4 Å². The molecule has 0 spiro atoms. The predicted octanol–water partition coefficient (Wildman–Crippen LogP) is 4.50. The summed E-state index contributed by atoms with van der Waals surface area (Å²) in [6.07, 6.45) is 0. The van der Waals surface area contributed by atoms with Crippen molar-refractivity contribution in [2.75, 3.05) is 5.75 Å². The van der Waals surface area contributed by atoms with Gasteiger partial charge < -0.3 is 4.42 Å². The first-order valence-electron chi connectivity index (χ1n) is 6.63. The Labute approximate surface area is 140 Å². The SMILES string of the molecule is O=C(CSc1nnc(-c2ccc(Cl)cc2)o1)c1ccccc1F. The largest absolute Gasteiger partial charge is 0.411 e. The Morgan fingerprint density at radius 1 is 1.13 bits per heavy atom. The van der Waals surface area contributed by atoms with Crippen molar-refractivity contribution >= 4 is 29.1 Å². The predicted molar refractivity (Wildman–Crippen MR) is 86.2 cm³/mol. The normalized spacial score (nSPS) is 10.7. The molecule has 1 aromatic heterocycles. The molecule has 0 saturated heterocycles. The van der Waals surface area contributed by atoms with Crippen molar-refractivity contribution in [2.24, 2.45) is 0 Å². The first-order chi connectivity index (χ1) is 11.1. The van der Waals surface area contributed by atoms with Gasteiger partial charge in [-0.05, 0) is 36.4 Å². The van der Waals surface area contributed by atoms with Crippen LogP contribution in [0.15, 0.2) is 58.2 Å². The van der Waals surface area contributed by atoms with Gasteiger partial charge in [0, 0.05) is 10.6 Å². The molecule has 0 unspecified atom stereocenters. The van der Waals surface area contributed by atoms with Gasteiger partial charge in [0.05, 0.1) is 11.3 Å². The van der Waals surface area contributed by atoms with Crippen LogP contribution in [0.4, 0.5) is 4.39 Å². The Morgan fingerprint density at radius 2 is 1.87 bits per heavy atom. The van der Waals surface area contributed by atoms with Gasteiger partial charge in [-0.3, -0.25) is 4.79 Å². The van der Waals surface area contributed by atoms with Crippen molar-refractivity contribution in [2.45, 2.75) is 5.22 Å². The molecule has 0 atom stereocenters.